The Kier molecular flexibility index (Phi) is 13.7. The normalized spacial score (nSPS) is 21.3. The number of piperidine rings is 2. The Hall–Kier alpha value is -1.78. The van der Waals surface area contributed by atoms with Crippen LogP contribution in [0.15, 0.2) is 60.7 Å². The van der Waals surface area contributed by atoms with E-state index in [1.54, 1.807) is 0 Å². The Bertz CT molecular complexity index is 1240. The lowest BCUT2D eigenvalue weighted by Crippen LogP contribution is -2.55. The molecule has 2 fully saturated rings. The summed E-state index contributed by atoms with van der Waals surface area (Å²) in [6.07, 6.45) is 6.54. The summed E-state index contributed by atoms with van der Waals surface area (Å²) < 4.78 is 13.0. The average Bonchev–Trinajstić information content (AvgIpc) is 2.98. The van der Waals surface area contributed by atoms with Crippen molar-refractivity contribution in [1.82, 2.24) is 9.80 Å². The minimum absolute atomic E-state index is 0.204. The third-order valence-electron chi connectivity index (χ3n) is 11.5. The predicted octanol–water partition coefficient (Wildman–Crippen LogP) is 10.4. The standard InChI is InChI=1S/C21H37NOSi.C19H31NO2Si/c1-20(2,3)24(6,7)23-17-19-14-11-15-21(4,5)22(19)16-18-12-9-8-10-13-18;1-19(2,3)23(4,5)22-15-17-12-9-13-18(21)20(17)14-16-10-7-6-8-11-16/h8-10,12-13,19H,11,14-17H2,1-7H3;6-8,10-11,17H,9,12-15H2,1-5H3/t19-;17-/m11/s1. The van der Waals surface area contributed by atoms with Crippen LogP contribution in [0.4, 0.5) is 0 Å². The molecule has 2 heterocycles. The molecule has 0 unspecified atom stereocenters. The molecular formula is C40H68N2O3Si2. The van der Waals surface area contributed by atoms with Crippen molar-refractivity contribution in [1.29, 1.82) is 0 Å². The van der Waals surface area contributed by atoms with Crippen molar-refractivity contribution < 1.29 is 13.6 Å². The van der Waals surface area contributed by atoms with Crippen LogP contribution in [0.1, 0.15) is 105 Å². The zero-order valence-electron chi connectivity index (χ0n) is 32.1. The van der Waals surface area contributed by atoms with Crippen LogP contribution in [0.3, 0.4) is 0 Å². The van der Waals surface area contributed by atoms with Crippen LogP contribution in [0.25, 0.3) is 0 Å². The van der Waals surface area contributed by atoms with Crippen LogP contribution >= 0.6 is 0 Å². The fraction of sp³-hybridized carbons (Fsp3) is 0.675. The molecule has 2 aromatic rings. The second-order valence-electron chi connectivity index (χ2n) is 17.7. The number of hydrogen-bond donors (Lipinski definition) is 0. The average molecular weight is 681 g/mol. The van der Waals surface area contributed by atoms with E-state index < -0.39 is 16.6 Å². The monoisotopic (exact) mass is 680 g/mol. The van der Waals surface area contributed by atoms with Crippen LogP contribution in [-0.2, 0) is 26.7 Å². The third-order valence-corrected chi connectivity index (χ3v) is 20.5. The fourth-order valence-electron chi connectivity index (χ4n) is 6.07. The van der Waals surface area contributed by atoms with Crippen molar-refractivity contribution in [3.63, 3.8) is 0 Å². The highest BCUT2D eigenvalue weighted by atomic mass is 28.4. The largest absolute Gasteiger partial charge is 0.415 e. The van der Waals surface area contributed by atoms with Crippen molar-refractivity contribution in [2.45, 2.75) is 161 Å². The number of carbonyl (C=O) groups excluding carboxylic acids is 1. The smallest absolute Gasteiger partial charge is 0.223 e. The van der Waals surface area contributed by atoms with Gasteiger partial charge in [0.1, 0.15) is 0 Å². The van der Waals surface area contributed by atoms with Gasteiger partial charge in [-0.1, -0.05) is 102 Å². The Balaban J connectivity index is 0.000000256. The number of benzene rings is 2. The van der Waals surface area contributed by atoms with E-state index in [4.69, 9.17) is 8.85 Å². The van der Waals surface area contributed by atoms with Gasteiger partial charge in [0.2, 0.25) is 5.91 Å². The van der Waals surface area contributed by atoms with Gasteiger partial charge in [0.25, 0.3) is 0 Å². The summed E-state index contributed by atoms with van der Waals surface area (Å²) in [5.74, 6) is 0.268. The summed E-state index contributed by atoms with van der Waals surface area (Å²) in [6.45, 7) is 31.1. The lowest BCUT2D eigenvalue weighted by atomic mass is 9.86. The van der Waals surface area contributed by atoms with Gasteiger partial charge in [0, 0.05) is 37.7 Å². The molecule has 0 spiro atoms. The fourth-order valence-corrected chi connectivity index (χ4v) is 8.15. The highest BCUT2D eigenvalue weighted by Crippen LogP contribution is 2.39. The van der Waals surface area contributed by atoms with Crippen LogP contribution in [0.5, 0.6) is 0 Å². The molecule has 0 N–H and O–H groups in total. The molecule has 0 bridgehead atoms. The van der Waals surface area contributed by atoms with Crippen molar-refractivity contribution >= 4 is 22.5 Å². The zero-order valence-corrected chi connectivity index (χ0v) is 34.1. The molecule has 2 aliphatic heterocycles. The highest BCUT2D eigenvalue weighted by Gasteiger charge is 2.41. The van der Waals surface area contributed by atoms with Crippen LogP contribution in [0.2, 0.25) is 36.3 Å². The van der Waals surface area contributed by atoms with Gasteiger partial charge in [-0.25, -0.2) is 0 Å². The van der Waals surface area contributed by atoms with Crippen molar-refractivity contribution in [3.8, 4) is 0 Å². The van der Waals surface area contributed by atoms with E-state index >= 15 is 0 Å². The zero-order chi connectivity index (χ0) is 35.1. The molecule has 2 atom stereocenters. The molecule has 0 aliphatic carbocycles. The molecule has 264 valence electrons. The van der Waals surface area contributed by atoms with E-state index in [-0.39, 0.29) is 27.6 Å². The number of rotatable bonds is 10. The van der Waals surface area contributed by atoms with Gasteiger partial charge in [-0.15, -0.1) is 0 Å². The number of likely N-dealkylation sites (tertiary alicyclic amines) is 2. The van der Waals surface area contributed by atoms with E-state index in [1.807, 2.05) is 23.1 Å². The highest BCUT2D eigenvalue weighted by molar-refractivity contribution is 6.74. The minimum Gasteiger partial charge on any atom is -0.415 e. The van der Waals surface area contributed by atoms with E-state index in [0.29, 0.717) is 25.6 Å². The molecule has 47 heavy (non-hydrogen) atoms. The summed E-state index contributed by atoms with van der Waals surface area (Å²) in [7, 11) is -3.45. The maximum Gasteiger partial charge on any atom is 0.223 e. The SMILES string of the molecule is CC(C)(C)[Si](C)(C)OC[C@H]1CCCC(=O)N1Cc1ccccc1.CC1(C)CCC[C@H](CO[Si](C)(C)C(C)(C)C)N1Cc1ccccc1. The molecule has 2 saturated heterocycles. The Labute approximate surface area is 291 Å². The maximum absolute atomic E-state index is 12.4. The van der Waals surface area contributed by atoms with Crippen molar-refractivity contribution in [3.05, 3.63) is 71.8 Å². The van der Waals surface area contributed by atoms with Gasteiger partial charge in [-0.3, -0.25) is 9.69 Å². The van der Waals surface area contributed by atoms with Gasteiger partial charge in [0.15, 0.2) is 16.6 Å². The van der Waals surface area contributed by atoms with Crippen molar-refractivity contribution in [2.24, 2.45) is 0 Å². The van der Waals surface area contributed by atoms with Crippen LogP contribution < -0.4 is 0 Å². The third kappa shape index (κ3) is 11.4. The first-order valence-corrected chi connectivity index (χ1v) is 24.0. The summed E-state index contributed by atoms with van der Waals surface area (Å²) in [5, 5.41) is 0.484. The molecule has 7 heteroatoms. The minimum atomic E-state index is -1.77. The number of carbonyl (C=O) groups is 1. The van der Waals surface area contributed by atoms with Gasteiger partial charge < -0.3 is 13.8 Å². The molecule has 0 aromatic heterocycles. The molecule has 2 aromatic carbocycles. The lowest BCUT2D eigenvalue weighted by molar-refractivity contribution is -0.138. The first-order valence-electron chi connectivity index (χ1n) is 18.2. The number of hydrogen-bond acceptors (Lipinski definition) is 4. The van der Waals surface area contributed by atoms with Gasteiger partial charge >= 0.3 is 0 Å². The number of amides is 1. The predicted molar refractivity (Wildman–Crippen MR) is 205 cm³/mol. The Morgan fingerprint density at radius 1 is 0.702 bits per heavy atom. The quantitative estimate of drug-likeness (QED) is 0.234. The van der Waals surface area contributed by atoms with Crippen molar-refractivity contribution in [2.75, 3.05) is 13.2 Å². The Morgan fingerprint density at radius 3 is 1.64 bits per heavy atom. The van der Waals surface area contributed by atoms with E-state index in [9.17, 15) is 4.79 Å². The lowest BCUT2D eigenvalue weighted by Gasteiger charge is -2.49. The molecular weight excluding hydrogens is 613 g/mol. The van der Waals surface area contributed by atoms with Crippen LogP contribution in [0, 0.1) is 0 Å². The van der Waals surface area contributed by atoms with Gasteiger partial charge in [0.05, 0.1) is 12.6 Å². The summed E-state index contributed by atoms with van der Waals surface area (Å²) in [6, 6.07) is 21.9. The molecule has 5 nitrogen and oxygen atoms in total. The molecule has 4 rings (SSSR count). The van der Waals surface area contributed by atoms with Crippen LogP contribution in [-0.4, -0.2) is 63.2 Å². The first kappa shape index (κ1) is 39.7. The summed E-state index contributed by atoms with van der Waals surface area (Å²) >= 11 is 0. The molecule has 1 amide bonds. The first-order chi connectivity index (χ1) is 21.7. The molecule has 2 aliphatic rings. The number of nitrogens with zero attached hydrogens (tertiary/aromatic N) is 2. The second kappa shape index (κ2) is 16.3. The topological polar surface area (TPSA) is 42.0 Å². The maximum atomic E-state index is 12.4. The van der Waals surface area contributed by atoms with E-state index in [0.717, 1.165) is 26.0 Å². The van der Waals surface area contributed by atoms with E-state index in [2.05, 4.69) is 129 Å². The van der Waals surface area contributed by atoms with E-state index in [1.165, 1.54) is 30.4 Å². The van der Waals surface area contributed by atoms with Gasteiger partial charge in [-0.05, 0) is 93.3 Å². The summed E-state index contributed by atoms with van der Waals surface area (Å²) in [4.78, 5) is 17.1. The second-order valence-corrected chi connectivity index (χ2v) is 27.3. The Morgan fingerprint density at radius 2 is 1.15 bits per heavy atom. The molecule has 0 radical (unpaired) electrons. The summed E-state index contributed by atoms with van der Waals surface area (Å²) in [5.41, 5.74) is 2.85. The van der Waals surface area contributed by atoms with Gasteiger partial charge in [-0.2, -0.15) is 0 Å². The molecule has 0 saturated carbocycles.